The molecular weight excluding hydrogens is 280 g/mol. The fourth-order valence-corrected chi connectivity index (χ4v) is 2.65. The van der Waals surface area contributed by atoms with Gasteiger partial charge < -0.3 is 11.1 Å². The van der Waals surface area contributed by atoms with Crippen LogP contribution < -0.4 is 11.1 Å². The lowest BCUT2D eigenvalue weighted by Crippen LogP contribution is -2.46. The van der Waals surface area contributed by atoms with Crippen molar-refractivity contribution in [2.75, 3.05) is 0 Å². The van der Waals surface area contributed by atoms with Gasteiger partial charge in [0.1, 0.15) is 0 Å². The third-order valence-electron chi connectivity index (χ3n) is 3.89. The summed E-state index contributed by atoms with van der Waals surface area (Å²) in [5, 5.41) is 3.03. The lowest BCUT2D eigenvalue weighted by Gasteiger charge is -2.26. The first kappa shape index (κ1) is 17.6. The Morgan fingerprint density at radius 1 is 1.29 bits per heavy atom. The number of carbonyl (C=O) groups is 1. The minimum atomic E-state index is -0.215. The van der Waals surface area contributed by atoms with Crippen molar-refractivity contribution in [1.82, 2.24) is 5.32 Å². The summed E-state index contributed by atoms with van der Waals surface area (Å²) in [7, 11) is 0. The highest BCUT2D eigenvalue weighted by Gasteiger charge is 2.27. The smallest absolute Gasteiger partial charge is 0.228 e. The average molecular weight is 306 g/mol. The molecule has 1 aromatic rings. The number of thiocarbonyl (C=S) groups is 1. The largest absolute Gasteiger partial charge is 0.392 e. The van der Waals surface area contributed by atoms with Crippen molar-refractivity contribution in [3.05, 3.63) is 35.9 Å². The molecule has 3 unspecified atom stereocenters. The predicted octanol–water partition coefficient (Wildman–Crippen LogP) is 3.39. The normalized spacial score (nSPS) is 15.0. The van der Waals surface area contributed by atoms with Gasteiger partial charge in [0, 0.05) is 0 Å². The molecule has 3 N–H and O–H groups in total. The third-order valence-corrected chi connectivity index (χ3v) is 4.18. The van der Waals surface area contributed by atoms with Crippen molar-refractivity contribution in [3.63, 3.8) is 0 Å². The Morgan fingerprint density at radius 2 is 1.90 bits per heavy atom. The zero-order valence-corrected chi connectivity index (χ0v) is 14.0. The summed E-state index contributed by atoms with van der Waals surface area (Å²) in [6.45, 7) is 6.26. The van der Waals surface area contributed by atoms with Gasteiger partial charge in [-0.3, -0.25) is 4.79 Å². The van der Waals surface area contributed by atoms with Crippen molar-refractivity contribution >= 4 is 23.1 Å². The van der Waals surface area contributed by atoms with Gasteiger partial charge in [-0.15, -0.1) is 0 Å². The summed E-state index contributed by atoms with van der Waals surface area (Å²) in [5.41, 5.74) is 6.78. The second kappa shape index (κ2) is 8.78. The van der Waals surface area contributed by atoms with E-state index < -0.39 is 0 Å². The summed E-state index contributed by atoms with van der Waals surface area (Å²) in [5.74, 6) is 0.118. The molecule has 0 bridgehead atoms. The SMILES string of the molecule is CCCC(NC(=O)C(c1ccccc1)C(C)CC)C(N)=S. The Bertz CT molecular complexity index is 461. The average Bonchev–Trinajstić information content (AvgIpc) is 2.47. The Kier molecular flexibility index (Phi) is 7.37. The minimum Gasteiger partial charge on any atom is -0.392 e. The van der Waals surface area contributed by atoms with Crippen LogP contribution in [0.15, 0.2) is 30.3 Å². The van der Waals surface area contributed by atoms with Gasteiger partial charge >= 0.3 is 0 Å². The second-order valence-corrected chi connectivity index (χ2v) is 6.00. The number of hydrogen-bond donors (Lipinski definition) is 2. The van der Waals surface area contributed by atoms with E-state index in [1.165, 1.54) is 0 Å². The van der Waals surface area contributed by atoms with E-state index in [0.29, 0.717) is 4.99 Å². The van der Waals surface area contributed by atoms with Crippen molar-refractivity contribution in [1.29, 1.82) is 0 Å². The first-order valence-electron chi connectivity index (χ1n) is 7.65. The molecule has 0 aliphatic heterocycles. The van der Waals surface area contributed by atoms with Crippen LogP contribution in [-0.4, -0.2) is 16.9 Å². The number of hydrogen-bond acceptors (Lipinski definition) is 2. The molecule has 0 aliphatic carbocycles. The topological polar surface area (TPSA) is 55.1 Å². The molecule has 0 saturated carbocycles. The molecule has 1 amide bonds. The molecule has 0 radical (unpaired) electrons. The number of nitrogens with one attached hydrogen (secondary N) is 1. The Morgan fingerprint density at radius 3 is 2.38 bits per heavy atom. The molecule has 3 nitrogen and oxygen atoms in total. The van der Waals surface area contributed by atoms with E-state index in [1.807, 2.05) is 30.3 Å². The van der Waals surface area contributed by atoms with E-state index in [4.69, 9.17) is 18.0 Å². The van der Waals surface area contributed by atoms with Crippen LogP contribution in [0.2, 0.25) is 0 Å². The van der Waals surface area contributed by atoms with Gasteiger partial charge in [-0.05, 0) is 17.9 Å². The van der Waals surface area contributed by atoms with E-state index in [2.05, 4.69) is 26.1 Å². The standard InChI is InChI=1S/C17H26N2OS/c1-4-9-14(16(18)21)19-17(20)15(12(3)5-2)13-10-7-6-8-11-13/h6-8,10-12,14-15H,4-5,9H2,1-3H3,(H2,18,21)(H,19,20). The summed E-state index contributed by atoms with van der Waals surface area (Å²) < 4.78 is 0. The monoisotopic (exact) mass is 306 g/mol. The molecule has 3 atom stereocenters. The Labute approximate surface area is 133 Å². The Balaban J connectivity index is 2.93. The van der Waals surface area contributed by atoms with E-state index in [-0.39, 0.29) is 23.8 Å². The van der Waals surface area contributed by atoms with Crippen molar-refractivity contribution < 1.29 is 4.79 Å². The highest BCUT2D eigenvalue weighted by molar-refractivity contribution is 7.80. The molecule has 116 valence electrons. The number of benzene rings is 1. The van der Waals surface area contributed by atoms with Gasteiger partial charge in [-0.2, -0.15) is 0 Å². The van der Waals surface area contributed by atoms with E-state index in [9.17, 15) is 4.79 Å². The minimum absolute atomic E-state index is 0.0156. The van der Waals surface area contributed by atoms with Crippen LogP contribution in [-0.2, 0) is 4.79 Å². The lowest BCUT2D eigenvalue weighted by atomic mass is 9.84. The molecule has 0 heterocycles. The summed E-state index contributed by atoms with van der Waals surface area (Å²) in [4.78, 5) is 13.1. The van der Waals surface area contributed by atoms with Crippen LogP contribution in [0.25, 0.3) is 0 Å². The summed E-state index contributed by atoms with van der Waals surface area (Å²) >= 11 is 5.06. The molecule has 1 aromatic carbocycles. The maximum Gasteiger partial charge on any atom is 0.228 e. The zero-order chi connectivity index (χ0) is 15.8. The van der Waals surface area contributed by atoms with Gasteiger partial charge in [0.25, 0.3) is 0 Å². The maximum absolute atomic E-state index is 12.7. The highest BCUT2D eigenvalue weighted by atomic mass is 32.1. The quantitative estimate of drug-likeness (QED) is 0.724. The molecule has 0 saturated heterocycles. The molecule has 0 spiro atoms. The van der Waals surface area contributed by atoms with E-state index in [1.54, 1.807) is 0 Å². The lowest BCUT2D eigenvalue weighted by molar-refractivity contribution is -0.124. The number of amides is 1. The fraction of sp³-hybridized carbons (Fsp3) is 0.529. The first-order chi connectivity index (χ1) is 10.0. The van der Waals surface area contributed by atoms with Crippen molar-refractivity contribution in [3.8, 4) is 0 Å². The van der Waals surface area contributed by atoms with Gasteiger partial charge in [-0.1, -0.05) is 76.2 Å². The predicted molar refractivity (Wildman–Crippen MR) is 92.3 cm³/mol. The van der Waals surface area contributed by atoms with E-state index in [0.717, 1.165) is 24.8 Å². The Hall–Kier alpha value is -1.42. The van der Waals surface area contributed by atoms with Crippen molar-refractivity contribution in [2.24, 2.45) is 11.7 Å². The third kappa shape index (κ3) is 5.12. The number of rotatable bonds is 8. The maximum atomic E-state index is 12.7. The van der Waals surface area contributed by atoms with Gasteiger partial charge in [0.2, 0.25) is 5.91 Å². The first-order valence-corrected chi connectivity index (χ1v) is 8.06. The van der Waals surface area contributed by atoms with Crippen LogP contribution >= 0.6 is 12.2 Å². The van der Waals surface area contributed by atoms with Gasteiger partial charge in [0.05, 0.1) is 16.9 Å². The number of nitrogens with two attached hydrogens (primary N) is 1. The van der Waals surface area contributed by atoms with Crippen molar-refractivity contribution in [2.45, 2.75) is 52.0 Å². The van der Waals surface area contributed by atoms with Crippen LogP contribution in [0.1, 0.15) is 51.5 Å². The molecular formula is C17H26N2OS. The summed E-state index contributed by atoms with van der Waals surface area (Å²) in [6, 6.07) is 9.69. The van der Waals surface area contributed by atoms with Gasteiger partial charge in [-0.25, -0.2) is 0 Å². The molecule has 0 fully saturated rings. The van der Waals surface area contributed by atoms with Crippen LogP contribution in [0.5, 0.6) is 0 Å². The van der Waals surface area contributed by atoms with Crippen LogP contribution in [0, 0.1) is 5.92 Å². The van der Waals surface area contributed by atoms with Crippen LogP contribution in [0.4, 0.5) is 0 Å². The van der Waals surface area contributed by atoms with Gasteiger partial charge in [0.15, 0.2) is 0 Å². The highest BCUT2D eigenvalue weighted by Crippen LogP contribution is 2.27. The second-order valence-electron chi connectivity index (χ2n) is 5.53. The molecule has 0 aliphatic rings. The van der Waals surface area contributed by atoms with Crippen LogP contribution in [0.3, 0.4) is 0 Å². The number of carbonyl (C=O) groups excluding carboxylic acids is 1. The van der Waals surface area contributed by atoms with E-state index >= 15 is 0 Å². The summed E-state index contributed by atoms with van der Waals surface area (Å²) in [6.07, 6.45) is 2.66. The zero-order valence-electron chi connectivity index (χ0n) is 13.1. The molecule has 4 heteroatoms. The fourth-order valence-electron chi connectivity index (χ4n) is 2.47. The molecule has 21 heavy (non-hydrogen) atoms. The molecule has 1 rings (SSSR count). The molecule has 0 aromatic heterocycles.